The SMILES string of the molecule is COc1ncccc1CN1CC[C@@H]2[C@@H]1CC(=O)N2CCN(C)C. The van der Waals surface area contributed by atoms with Gasteiger partial charge in [0.1, 0.15) is 0 Å². The summed E-state index contributed by atoms with van der Waals surface area (Å²) in [5.41, 5.74) is 1.09. The van der Waals surface area contributed by atoms with E-state index < -0.39 is 0 Å². The van der Waals surface area contributed by atoms with E-state index >= 15 is 0 Å². The van der Waals surface area contributed by atoms with Crippen molar-refractivity contribution in [3.8, 4) is 5.88 Å². The zero-order chi connectivity index (χ0) is 16.4. The number of carbonyl (C=O) groups excluding carboxylic acids is 1. The number of likely N-dealkylation sites (N-methyl/N-ethyl adjacent to an activating group) is 1. The predicted molar refractivity (Wildman–Crippen MR) is 88.3 cm³/mol. The van der Waals surface area contributed by atoms with E-state index in [0.717, 1.165) is 38.2 Å². The number of carbonyl (C=O) groups is 1. The summed E-state index contributed by atoms with van der Waals surface area (Å²) < 4.78 is 5.35. The Morgan fingerprint density at radius 3 is 2.96 bits per heavy atom. The molecule has 2 saturated heterocycles. The van der Waals surface area contributed by atoms with Gasteiger partial charge in [-0.2, -0.15) is 0 Å². The predicted octanol–water partition coefficient (Wildman–Crippen LogP) is 0.827. The van der Waals surface area contributed by atoms with Crippen molar-refractivity contribution in [2.75, 3.05) is 40.8 Å². The third kappa shape index (κ3) is 3.33. The summed E-state index contributed by atoms with van der Waals surface area (Å²) in [4.78, 5) is 23.3. The van der Waals surface area contributed by atoms with E-state index in [1.165, 1.54) is 0 Å². The largest absolute Gasteiger partial charge is 0.481 e. The Morgan fingerprint density at radius 1 is 1.39 bits per heavy atom. The standard InChI is InChI=1S/C17H26N4O2/c1-19(2)9-10-21-14-6-8-20(15(14)11-16(21)22)12-13-5-4-7-18-17(13)23-3/h4-5,7,14-15H,6,8-12H2,1-3H3/t14-,15+/m1/s1. The van der Waals surface area contributed by atoms with Crippen LogP contribution >= 0.6 is 0 Å². The number of fused-ring (bicyclic) bond motifs is 1. The average molecular weight is 318 g/mol. The number of hydrogen-bond donors (Lipinski definition) is 0. The Hall–Kier alpha value is -1.66. The van der Waals surface area contributed by atoms with Crippen molar-refractivity contribution in [3.63, 3.8) is 0 Å². The van der Waals surface area contributed by atoms with Gasteiger partial charge in [-0.1, -0.05) is 6.07 Å². The van der Waals surface area contributed by atoms with Gasteiger partial charge in [-0.15, -0.1) is 0 Å². The number of nitrogens with zero attached hydrogens (tertiary/aromatic N) is 4. The van der Waals surface area contributed by atoms with E-state index in [1.54, 1.807) is 13.3 Å². The van der Waals surface area contributed by atoms with Crippen molar-refractivity contribution in [2.24, 2.45) is 0 Å². The first-order valence-electron chi connectivity index (χ1n) is 8.26. The van der Waals surface area contributed by atoms with E-state index in [4.69, 9.17) is 4.74 Å². The van der Waals surface area contributed by atoms with Gasteiger partial charge in [-0.3, -0.25) is 9.69 Å². The number of amides is 1. The molecule has 2 aliphatic rings. The van der Waals surface area contributed by atoms with E-state index in [2.05, 4.69) is 25.8 Å². The van der Waals surface area contributed by atoms with Crippen LogP contribution in [0.2, 0.25) is 0 Å². The van der Waals surface area contributed by atoms with Crippen LogP contribution in [0.4, 0.5) is 0 Å². The monoisotopic (exact) mass is 318 g/mol. The Kier molecular flexibility index (Phi) is 4.82. The van der Waals surface area contributed by atoms with Crippen LogP contribution in [0.5, 0.6) is 5.88 Å². The molecule has 0 saturated carbocycles. The summed E-state index contributed by atoms with van der Waals surface area (Å²) in [5.74, 6) is 0.981. The van der Waals surface area contributed by atoms with Crippen LogP contribution in [0, 0.1) is 0 Å². The minimum absolute atomic E-state index is 0.296. The number of hydrogen-bond acceptors (Lipinski definition) is 5. The molecule has 6 nitrogen and oxygen atoms in total. The van der Waals surface area contributed by atoms with Gasteiger partial charge in [0.05, 0.1) is 7.11 Å². The maximum absolute atomic E-state index is 12.4. The van der Waals surface area contributed by atoms with Gasteiger partial charge in [0, 0.05) is 56.4 Å². The third-order valence-corrected chi connectivity index (χ3v) is 4.93. The molecular weight excluding hydrogens is 292 g/mol. The van der Waals surface area contributed by atoms with E-state index in [0.29, 0.717) is 30.3 Å². The molecule has 6 heteroatoms. The van der Waals surface area contributed by atoms with Crippen molar-refractivity contribution >= 4 is 5.91 Å². The fraction of sp³-hybridized carbons (Fsp3) is 0.647. The Labute approximate surface area is 138 Å². The van der Waals surface area contributed by atoms with Gasteiger partial charge in [0.2, 0.25) is 11.8 Å². The summed E-state index contributed by atoms with van der Waals surface area (Å²) >= 11 is 0. The molecule has 0 spiro atoms. The second kappa shape index (κ2) is 6.84. The lowest BCUT2D eigenvalue weighted by Crippen LogP contribution is -2.40. The lowest BCUT2D eigenvalue weighted by molar-refractivity contribution is -0.129. The molecule has 3 rings (SSSR count). The molecular formula is C17H26N4O2. The van der Waals surface area contributed by atoms with Crippen LogP contribution in [-0.2, 0) is 11.3 Å². The first-order valence-corrected chi connectivity index (χ1v) is 8.26. The normalized spacial score (nSPS) is 24.5. The second-order valence-corrected chi connectivity index (χ2v) is 6.66. The van der Waals surface area contributed by atoms with Crippen LogP contribution in [0.25, 0.3) is 0 Å². The highest BCUT2D eigenvalue weighted by atomic mass is 16.5. The topological polar surface area (TPSA) is 48.9 Å². The van der Waals surface area contributed by atoms with Crippen LogP contribution < -0.4 is 4.74 Å². The van der Waals surface area contributed by atoms with Gasteiger partial charge in [-0.25, -0.2) is 4.98 Å². The van der Waals surface area contributed by atoms with E-state index in [1.807, 2.05) is 20.2 Å². The summed E-state index contributed by atoms with van der Waals surface area (Å²) in [6.45, 7) is 3.58. The van der Waals surface area contributed by atoms with Gasteiger partial charge < -0.3 is 14.5 Å². The second-order valence-electron chi connectivity index (χ2n) is 6.66. The molecule has 1 amide bonds. The smallest absolute Gasteiger partial charge is 0.224 e. The summed E-state index contributed by atoms with van der Waals surface area (Å²) in [6.07, 6.45) is 3.45. The molecule has 1 aromatic rings. The molecule has 0 N–H and O–H groups in total. The first-order chi connectivity index (χ1) is 11.1. The minimum Gasteiger partial charge on any atom is -0.481 e. The van der Waals surface area contributed by atoms with Crippen molar-refractivity contribution in [2.45, 2.75) is 31.5 Å². The molecule has 23 heavy (non-hydrogen) atoms. The average Bonchev–Trinajstić information content (AvgIpc) is 3.05. The zero-order valence-corrected chi connectivity index (χ0v) is 14.2. The molecule has 2 fully saturated rings. The van der Waals surface area contributed by atoms with Crippen LogP contribution in [-0.4, -0.2) is 78.5 Å². The minimum atomic E-state index is 0.296. The number of pyridine rings is 1. The number of likely N-dealkylation sites (tertiary alicyclic amines) is 2. The lowest BCUT2D eigenvalue weighted by atomic mass is 10.1. The number of methoxy groups -OCH3 is 1. The molecule has 0 bridgehead atoms. The summed E-state index contributed by atoms with van der Waals surface area (Å²) in [5, 5.41) is 0. The molecule has 0 radical (unpaired) electrons. The molecule has 2 aliphatic heterocycles. The van der Waals surface area contributed by atoms with Crippen LogP contribution in [0.3, 0.4) is 0 Å². The van der Waals surface area contributed by atoms with Gasteiger partial charge in [0.25, 0.3) is 0 Å². The Balaban J connectivity index is 1.67. The Morgan fingerprint density at radius 2 is 2.22 bits per heavy atom. The van der Waals surface area contributed by atoms with E-state index in [9.17, 15) is 4.79 Å². The highest BCUT2D eigenvalue weighted by Crippen LogP contribution is 2.34. The number of rotatable bonds is 6. The molecule has 0 unspecified atom stereocenters. The molecule has 3 heterocycles. The summed E-state index contributed by atoms with van der Waals surface area (Å²) in [6, 6.07) is 4.69. The van der Waals surface area contributed by atoms with Crippen molar-refractivity contribution in [3.05, 3.63) is 23.9 Å². The highest BCUT2D eigenvalue weighted by Gasteiger charge is 2.46. The molecule has 2 atom stereocenters. The fourth-order valence-corrected chi connectivity index (χ4v) is 3.75. The van der Waals surface area contributed by atoms with E-state index in [-0.39, 0.29) is 0 Å². The maximum Gasteiger partial charge on any atom is 0.224 e. The van der Waals surface area contributed by atoms with Gasteiger partial charge in [0.15, 0.2) is 0 Å². The molecule has 126 valence electrons. The van der Waals surface area contributed by atoms with Crippen molar-refractivity contribution in [1.82, 2.24) is 19.7 Å². The van der Waals surface area contributed by atoms with Gasteiger partial charge in [-0.05, 0) is 26.6 Å². The first kappa shape index (κ1) is 16.2. The van der Waals surface area contributed by atoms with Crippen molar-refractivity contribution in [1.29, 1.82) is 0 Å². The third-order valence-electron chi connectivity index (χ3n) is 4.93. The molecule has 0 aliphatic carbocycles. The van der Waals surface area contributed by atoms with Crippen LogP contribution in [0.1, 0.15) is 18.4 Å². The van der Waals surface area contributed by atoms with Gasteiger partial charge >= 0.3 is 0 Å². The summed E-state index contributed by atoms with van der Waals surface area (Å²) in [7, 11) is 5.75. The highest BCUT2D eigenvalue weighted by molar-refractivity contribution is 5.80. The quantitative estimate of drug-likeness (QED) is 0.777. The van der Waals surface area contributed by atoms with Crippen molar-refractivity contribution < 1.29 is 9.53 Å². The number of aromatic nitrogens is 1. The molecule has 1 aromatic heterocycles. The number of ether oxygens (including phenoxy) is 1. The fourth-order valence-electron chi connectivity index (χ4n) is 3.75. The molecule has 0 aromatic carbocycles. The zero-order valence-electron chi connectivity index (χ0n) is 14.2. The lowest BCUT2D eigenvalue weighted by Gasteiger charge is -2.26. The Bertz CT molecular complexity index is 563. The maximum atomic E-state index is 12.4. The van der Waals surface area contributed by atoms with Crippen LogP contribution in [0.15, 0.2) is 18.3 Å².